The molecule has 0 aromatic heterocycles. The highest BCUT2D eigenvalue weighted by atomic mass is 16.5. The molecular formula is C8H15NO3. The second-order valence-electron chi connectivity index (χ2n) is 2.23. The van der Waals surface area contributed by atoms with Crippen molar-refractivity contribution in [2.75, 3.05) is 6.61 Å². The Labute approximate surface area is 72.3 Å². The van der Waals surface area contributed by atoms with Crippen molar-refractivity contribution in [3.63, 3.8) is 0 Å². The summed E-state index contributed by atoms with van der Waals surface area (Å²) in [5.41, 5.74) is 0. The standard InChI is InChI=1S/C6H9NO3.C2H6/c1-4(8)5-2-3-10-6(9)7-5;1-2/h5H,2-3H2,1H3,(H,7,9);1-2H3. The van der Waals surface area contributed by atoms with Gasteiger partial charge >= 0.3 is 6.09 Å². The van der Waals surface area contributed by atoms with Crippen LogP contribution in [0.25, 0.3) is 0 Å². The van der Waals surface area contributed by atoms with Crippen LogP contribution < -0.4 is 5.32 Å². The number of carbonyl (C=O) groups excluding carboxylic acids is 2. The second-order valence-corrected chi connectivity index (χ2v) is 2.23. The third kappa shape index (κ3) is 3.37. The van der Waals surface area contributed by atoms with E-state index in [0.29, 0.717) is 13.0 Å². The van der Waals surface area contributed by atoms with Crippen LogP contribution in [0.4, 0.5) is 4.79 Å². The highest BCUT2D eigenvalue weighted by Gasteiger charge is 2.21. The van der Waals surface area contributed by atoms with Gasteiger partial charge in [-0.1, -0.05) is 13.8 Å². The number of hydrogen-bond acceptors (Lipinski definition) is 3. The first-order valence-corrected chi connectivity index (χ1v) is 4.14. The maximum absolute atomic E-state index is 10.7. The van der Waals surface area contributed by atoms with Gasteiger partial charge in [0, 0.05) is 6.42 Å². The predicted molar refractivity (Wildman–Crippen MR) is 44.9 cm³/mol. The molecule has 12 heavy (non-hydrogen) atoms. The molecular weight excluding hydrogens is 158 g/mol. The lowest BCUT2D eigenvalue weighted by molar-refractivity contribution is -0.119. The lowest BCUT2D eigenvalue weighted by Crippen LogP contribution is -2.45. The molecule has 0 radical (unpaired) electrons. The molecule has 1 unspecified atom stereocenters. The lowest BCUT2D eigenvalue weighted by atomic mass is 10.1. The van der Waals surface area contributed by atoms with Crippen molar-refractivity contribution in [1.29, 1.82) is 0 Å². The molecule has 1 amide bonds. The number of Topliss-reactive ketones (excluding diaryl/α,β-unsaturated/α-hetero) is 1. The third-order valence-electron chi connectivity index (χ3n) is 1.42. The van der Waals surface area contributed by atoms with Crippen LogP contribution in [-0.4, -0.2) is 24.5 Å². The van der Waals surface area contributed by atoms with Crippen LogP contribution in [0.1, 0.15) is 27.2 Å². The Morgan fingerprint density at radius 3 is 2.50 bits per heavy atom. The van der Waals surface area contributed by atoms with E-state index in [0.717, 1.165) is 0 Å². The van der Waals surface area contributed by atoms with Crippen LogP contribution in [0.2, 0.25) is 0 Å². The van der Waals surface area contributed by atoms with Crippen LogP contribution in [0, 0.1) is 0 Å². The second kappa shape index (κ2) is 5.57. The minimum atomic E-state index is -0.494. The zero-order valence-corrected chi connectivity index (χ0v) is 7.72. The van der Waals surface area contributed by atoms with Crippen LogP contribution in [0.3, 0.4) is 0 Å². The summed E-state index contributed by atoms with van der Waals surface area (Å²) in [6.45, 7) is 5.80. The van der Waals surface area contributed by atoms with Crippen molar-refractivity contribution in [3.8, 4) is 0 Å². The summed E-state index contributed by atoms with van der Waals surface area (Å²) in [6, 6.07) is -0.332. The van der Waals surface area contributed by atoms with Gasteiger partial charge in [0.2, 0.25) is 0 Å². The van der Waals surface area contributed by atoms with Gasteiger partial charge in [0.15, 0.2) is 5.78 Å². The summed E-state index contributed by atoms with van der Waals surface area (Å²) < 4.78 is 4.56. The number of amides is 1. The molecule has 70 valence electrons. The SMILES string of the molecule is CC.CC(=O)C1CCOC(=O)N1. The molecule has 4 heteroatoms. The maximum Gasteiger partial charge on any atom is 0.407 e. The Morgan fingerprint density at radius 1 is 1.58 bits per heavy atom. The van der Waals surface area contributed by atoms with E-state index in [2.05, 4.69) is 10.1 Å². The third-order valence-corrected chi connectivity index (χ3v) is 1.42. The van der Waals surface area contributed by atoms with E-state index < -0.39 is 6.09 Å². The quantitative estimate of drug-likeness (QED) is 0.646. The van der Waals surface area contributed by atoms with Crippen molar-refractivity contribution in [1.82, 2.24) is 5.32 Å². The minimum Gasteiger partial charge on any atom is -0.449 e. The van der Waals surface area contributed by atoms with E-state index in [4.69, 9.17) is 0 Å². The van der Waals surface area contributed by atoms with E-state index in [1.165, 1.54) is 6.92 Å². The average Bonchev–Trinajstić information content (AvgIpc) is 2.08. The summed E-state index contributed by atoms with van der Waals surface area (Å²) >= 11 is 0. The molecule has 1 fully saturated rings. The molecule has 1 atom stereocenters. The number of alkyl carbamates (subject to hydrolysis) is 1. The smallest absolute Gasteiger partial charge is 0.407 e. The van der Waals surface area contributed by atoms with Crippen LogP contribution in [0.15, 0.2) is 0 Å². The summed E-state index contributed by atoms with van der Waals surface area (Å²) in [5, 5.41) is 2.41. The number of cyclic esters (lactones) is 1. The first kappa shape index (κ1) is 10.9. The van der Waals surface area contributed by atoms with Crippen molar-refractivity contribution in [2.24, 2.45) is 0 Å². The Kier molecular flexibility index (Phi) is 5.08. The fraction of sp³-hybridized carbons (Fsp3) is 0.750. The minimum absolute atomic E-state index is 0.0170. The molecule has 1 aliphatic heterocycles. The molecule has 1 rings (SSSR count). The number of hydrogen-bond donors (Lipinski definition) is 1. The summed E-state index contributed by atoms with van der Waals surface area (Å²) in [7, 11) is 0. The first-order chi connectivity index (χ1) is 5.70. The van der Waals surface area contributed by atoms with E-state index in [1.54, 1.807) is 0 Å². The molecule has 4 nitrogen and oxygen atoms in total. The molecule has 0 saturated carbocycles. The van der Waals surface area contributed by atoms with Gasteiger partial charge in [-0.2, -0.15) is 0 Å². The molecule has 0 aromatic rings. The van der Waals surface area contributed by atoms with Crippen molar-refractivity contribution < 1.29 is 14.3 Å². The number of ketones is 1. The normalized spacial score (nSPS) is 21.2. The maximum atomic E-state index is 10.7. The molecule has 1 heterocycles. The van der Waals surface area contributed by atoms with Crippen molar-refractivity contribution in [2.45, 2.75) is 33.2 Å². The number of carbonyl (C=O) groups is 2. The zero-order valence-electron chi connectivity index (χ0n) is 7.72. The molecule has 0 aliphatic carbocycles. The molecule has 0 spiro atoms. The van der Waals surface area contributed by atoms with E-state index in [9.17, 15) is 9.59 Å². The van der Waals surface area contributed by atoms with Gasteiger partial charge < -0.3 is 10.1 Å². The molecule has 1 saturated heterocycles. The summed E-state index contributed by atoms with van der Waals surface area (Å²) in [6.07, 6.45) is 0.0904. The highest BCUT2D eigenvalue weighted by Crippen LogP contribution is 2.01. The molecule has 0 bridgehead atoms. The highest BCUT2D eigenvalue weighted by molar-refractivity contribution is 5.85. The number of ether oxygens (including phenoxy) is 1. The van der Waals surface area contributed by atoms with Gasteiger partial charge in [-0.05, 0) is 6.92 Å². The van der Waals surface area contributed by atoms with Crippen LogP contribution >= 0.6 is 0 Å². The van der Waals surface area contributed by atoms with E-state index >= 15 is 0 Å². The van der Waals surface area contributed by atoms with Gasteiger partial charge in [0.1, 0.15) is 0 Å². The topological polar surface area (TPSA) is 55.4 Å². The van der Waals surface area contributed by atoms with Gasteiger partial charge in [-0.15, -0.1) is 0 Å². The predicted octanol–water partition coefficient (Wildman–Crippen LogP) is 1.10. The zero-order chi connectivity index (χ0) is 9.56. The molecule has 1 aliphatic rings. The Bertz CT molecular complexity index is 166. The van der Waals surface area contributed by atoms with Crippen LogP contribution in [-0.2, 0) is 9.53 Å². The molecule has 1 N–H and O–H groups in total. The van der Waals surface area contributed by atoms with Gasteiger partial charge in [0.05, 0.1) is 12.6 Å². The number of rotatable bonds is 1. The molecule has 0 aromatic carbocycles. The monoisotopic (exact) mass is 173 g/mol. The van der Waals surface area contributed by atoms with Gasteiger partial charge in [0.25, 0.3) is 0 Å². The fourth-order valence-corrected chi connectivity index (χ4v) is 0.830. The Hall–Kier alpha value is -1.06. The lowest BCUT2D eigenvalue weighted by Gasteiger charge is -2.20. The van der Waals surface area contributed by atoms with E-state index in [-0.39, 0.29) is 11.8 Å². The van der Waals surface area contributed by atoms with Crippen LogP contribution in [0.5, 0.6) is 0 Å². The average molecular weight is 173 g/mol. The largest absolute Gasteiger partial charge is 0.449 e. The van der Waals surface area contributed by atoms with Crippen molar-refractivity contribution in [3.05, 3.63) is 0 Å². The summed E-state index contributed by atoms with van der Waals surface area (Å²) in [4.78, 5) is 21.2. The van der Waals surface area contributed by atoms with E-state index in [1.807, 2.05) is 13.8 Å². The Balaban J connectivity index is 0.000000561. The van der Waals surface area contributed by atoms with Crippen molar-refractivity contribution >= 4 is 11.9 Å². The fourth-order valence-electron chi connectivity index (χ4n) is 0.830. The first-order valence-electron chi connectivity index (χ1n) is 4.14. The Morgan fingerprint density at radius 2 is 2.17 bits per heavy atom. The number of nitrogens with one attached hydrogen (secondary N) is 1. The van der Waals surface area contributed by atoms with Gasteiger partial charge in [-0.3, -0.25) is 4.79 Å². The van der Waals surface area contributed by atoms with Gasteiger partial charge in [-0.25, -0.2) is 4.79 Å². The summed E-state index contributed by atoms with van der Waals surface area (Å²) in [5.74, 6) is -0.0170.